The van der Waals surface area contributed by atoms with Crippen molar-refractivity contribution in [1.82, 2.24) is 0 Å². The van der Waals surface area contributed by atoms with Crippen molar-refractivity contribution in [2.45, 2.75) is 31.1 Å². The van der Waals surface area contributed by atoms with E-state index in [1.54, 1.807) is 6.07 Å². The fourth-order valence-electron chi connectivity index (χ4n) is 2.06. The summed E-state index contributed by atoms with van der Waals surface area (Å²) in [7, 11) is 0. The van der Waals surface area contributed by atoms with Crippen molar-refractivity contribution in [2.75, 3.05) is 0 Å². The van der Waals surface area contributed by atoms with Crippen molar-refractivity contribution in [3.8, 4) is 0 Å². The Balaban J connectivity index is 0.00000162. The first-order chi connectivity index (χ1) is 8.24. The summed E-state index contributed by atoms with van der Waals surface area (Å²) in [6.07, 6.45) is 3.27. The van der Waals surface area contributed by atoms with Crippen molar-refractivity contribution in [3.05, 3.63) is 42.0 Å². The number of aryl methyl sites for hydroxylation is 1. The molecule has 18 heavy (non-hydrogen) atoms. The predicted octanol–water partition coefficient (Wildman–Crippen LogP) is 0.424. The summed E-state index contributed by atoms with van der Waals surface area (Å²) in [4.78, 5) is 0.390. The molecule has 2 nitrogen and oxygen atoms in total. The van der Waals surface area contributed by atoms with Gasteiger partial charge in [0, 0.05) is 4.90 Å². The molecule has 0 aliphatic carbocycles. The molecule has 0 aliphatic rings. The van der Waals surface area contributed by atoms with Crippen LogP contribution in [0.2, 0.25) is 0 Å². The fourth-order valence-corrected chi connectivity index (χ4v) is 2.60. The van der Waals surface area contributed by atoms with Crippen LogP contribution in [0.25, 0.3) is 10.8 Å². The molecular formula is C14H15NaO2S. The van der Waals surface area contributed by atoms with Gasteiger partial charge in [-0.3, -0.25) is 4.21 Å². The normalized spacial score (nSPS) is 12.1. The van der Waals surface area contributed by atoms with Crippen LogP contribution in [-0.4, -0.2) is 8.76 Å². The third-order valence-corrected chi connectivity index (χ3v) is 3.67. The van der Waals surface area contributed by atoms with Crippen molar-refractivity contribution >= 4 is 21.9 Å². The van der Waals surface area contributed by atoms with E-state index in [0.29, 0.717) is 4.90 Å². The van der Waals surface area contributed by atoms with Crippen LogP contribution in [0, 0.1) is 0 Å². The van der Waals surface area contributed by atoms with E-state index < -0.39 is 11.1 Å². The van der Waals surface area contributed by atoms with E-state index >= 15 is 0 Å². The van der Waals surface area contributed by atoms with E-state index in [-0.39, 0.29) is 29.6 Å². The van der Waals surface area contributed by atoms with Gasteiger partial charge in [0.25, 0.3) is 0 Å². The van der Waals surface area contributed by atoms with Gasteiger partial charge in [-0.1, -0.05) is 43.7 Å². The van der Waals surface area contributed by atoms with Gasteiger partial charge in [0.2, 0.25) is 0 Å². The van der Waals surface area contributed by atoms with Crippen LogP contribution in [-0.2, 0) is 17.5 Å². The fraction of sp³-hybridized carbons (Fsp3) is 0.286. The molecule has 1 atom stereocenters. The number of fused-ring (bicyclic) bond motifs is 1. The van der Waals surface area contributed by atoms with Crippen molar-refractivity contribution in [1.29, 1.82) is 0 Å². The van der Waals surface area contributed by atoms with Gasteiger partial charge in [0.15, 0.2) is 0 Å². The molecule has 0 amide bonds. The maximum atomic E-state index is 11.1. The third kappa shape index (κ3) is 3.43. The Bertz CT molecular complexity index is 554. The molecule has 0 saturated heterocycles. The van der Waals surface area contributed by atoms with Crippen LogP contribution in [0.5, 0.6) is 0 Å². The second kappa shape index (κ2) is 7.41. The molecule has 0 heterocycles. The standard InChI is InChI=1S/C14H16O2S.Na/c1-2-3-6-11-9-10-14(17(15)16)13-8-5-4-7-12(11)13;/h4-5,7-10H,2-3,6H2,1H3,(H,15,16);/q;+1/p-1. The van der Waals surface area contributed by atoms with Crippen LogP contribution in [0.4, 0.5) is 0 Å². The Morgan fingerprint density at radius 1 is 1.11 bits per heavy atom. The maximum Gasteiger partial charge on any atom is 1.00 e. The molecule has 0 bridgehead atoms. The van der Waals surface area contributed by atoms with Crippen LogP contribution < -0.4 is 29.6 Å². The van der Waals surface area contributed by atoms with Gasteiger partial charge in [0.1, 0.15) is 0 Å². The number of hydrogen-bond acceptors (Lipinski definition) is 2. The first-order valence-electron chi connectivity index (χ1n) is 5.84. The Kier molecular flexibility index (Phi) is 6.53. The first-order valence-corrected chi connectivity index (χ1v) is 6.91. The zero-order valence-corrected chi connectivity index (χ0v) is 13.6. The second-order valence-electron chi connectivity index (χ2n) is 4.11. The molecule has 0 radical (unpaired) electrons. The molecule has 2 rings (SSSR count). The van der Waals surface area contributed by atoms with Crippen LogP contribution in [0.15, 0.2) is 41.3 Å². The van der Waals surface area contributed by atoms with Crippen molar-refractivity contribution in [3.63, 3.8) is 0 Å². The van der Waals surface area contributed by atoms with Crippen molar-refractivity contribution < 1.29 is 38.3 Å². The summed E-state index contributed by atoms with van der Waals surface area (Å²) < 4.78 is 22.3. The summed E-state index contributed by atoms with van der Waals surface area (Å²) in [6, 6.07) is 11.3. The van der Waals surface area contributed by atoms with Crippen molar-refractivity contribution in [2.24, 2.45) is 0 Å². The van der Waals surface area contributed by atoms with Crippen LogP contribution in [0.3, 0.4) is 0 Å². The average Bonchev–Trinajstić information content (AvgIpc) is 2.35. The average molecular weight is 270 g/mol. The summed E-state index contributed by atoms with van der Waals surface area (Å²) in [6.45, 7) is 2.16. The van der Waals surface area contributed by atoms with E-state index in [1.165, 1.54) is 5.56 Å². The Labute approximate surface area is 132 Å². The van der Waals surface area contributed by atoms with Gasteiger partial charge in [-0.25, -0.2) is 0 Å². The molecule has 0 N–H and O–H groups in total. The molecule has 0 spiro atoms. The molecule has 2 aromatic rings. The largest absolute Gasteiger partial charge is 1.00 e. The molecule has 2 aromatic carbocycles. The summed E-state index contributed by atoms with van der Waals surface area (Å²) in [5.74, 6) is 0. The van der Waals surface area contributed by atoms with Crippen LogP contribution in [0.1, 0.15) is 25.3 Å². The van der Waals surface area contributed by atoms with E-state index in [4.69, 9.17) is 0 Å². The van der Waals surface area contributed by atoms with Gasteiger partial charge >= 0.3 is 29.6 Å². The Hall–Kier alpha value is -0.190. The number of hydrogen-bond donors (Lipinski definition) is 0. The maximum absolute atomic E-state index is 11.1. The minimum atomic E-state index is -2.17. The van der Waals surface area contributed by atoms with Gasteiger partial charge in [0.05, 0.1) is 0 Å². The summed E-state index contributed by atoms with van der Waals surface area (Å²) >= 11 is -2.17. The van der Waals surface area contributed by atoms with E-state index in [2.05, 4.69) is 6.92 Å². The smallest absolute Gasteiger partial charge is 0.768 e. The topological polar surface area (TPSA) is 40.1 Å². The zero-order valence-electron chi connectivity index (χ0n) is 10.8. The van der Waals surface area contributed by atoms with E-state index in [0.717, 1.165) is 30.0 Å². The zero-order chi connectivity index (χ0) is 12.3. The van der Waals surface area contributed by atoms with Gasteiger partial charge in [-0.2, -0.15) is 0 Å². The van der Waals surface area contributed by atoms with Gasteiger partial charge in [-0.15, -0.1) is 0 Å². The monoisotopic (exact) mass is 270 g/mol. The molecule has 0 aromatic heterocycles. The van der Waals surface area contributed by atoms with Gasteiger partial charge < -0.3 is 4.55 Å². The molecule has 1 unspecified atom stereocenters. The predicted molar refractivity (Wildman–Crippen MR) is 69.7 cm³/mol. The number of rotatable bonds is 4. The Morgan fingerprint density at radius 2 is 1.78 bits per heavy atom. The second-order valence-corrected chi connectivity index (χ2v) is 5.02. The first kappa shape index (κ1) is 15.9. The molecular weight excluding hydrogens is 255 g/mol. The SMILES string of the molecule is CCCCc1ccc(S(=O)[O-])c2ccccc12.[Na+]. The van der Waals surface area contributed by atoms with E-state index in [9.17, 15) is 8.76 Å². The molecule has 90 valence electrons. The summed E-state index contributed by atoms with van der Waals surface area (Å²) in [5, 5.41) is 1.89. The Morgan fingerprint density at radius 3 is 2.39 bits per heavy atom. The third-order valence-electron chi connectivity index (χ3n) is 2.95. The number of benzene rings is 2. The summed E-state index contributed by atoms with van der Waals surface area (Å²) in [5.41, 5.74) is 1.23. The quantitative estimate of drug-likeness (QED) is 0.597. The minimum absolute atomic E-state index is 0. The minimum Gasteiger partial charge on any atom is -0.768 e. The molecule has 0 aliphatic heterocycles. The van der Waals surface area contributed by atoms with Gasteiger partial charge in [-0.05, 0) is 46.3 Å². The molecule has 0 fully saturated rings. The molecule has 4 heteroatoms. The van der Waals surface area contributed by atoms with E-state index in [1.807, 2.05) is 30.3 Å². The molecule has 0 saturated carbocycles. The van der Waals surface area contributed by atoms with Crippen LogP contribution >= 0.6 is 0 Å². The number of unbranched alkanes of at least 4 members (excludes halogenated alkanes) is 1.